The number of esters is 1. The summed E-state index contributed by atoms with van der Waals surface area (Å²) in [6.45, 7) is 0.829. The Bertz CT molecular complexity index is 1770. The topological polar surface area (TPSA) is 117 Å². The zero-order chi connectivity index (χ0) is 31.3. The van der Waals surface area contributed by atoms with Crippen LogP contribution < -0.4 is 10.6 Å². The number of fused-ring (bicyclic) bond motifs is 1. The highest BCUT2D eigenvalue weighted by Crippen LogP contribution is 2.29. The number of Topliss-reactive ketones (excluding diaryl/α,β-unsaturated/α-hetero) is 1. The van der Waals surface area contributed by atoms with Gasteiger partial charge >= 0.3 is 5.97 Å². The Kier molecular flexibility index (Phi) is 8.86. The lowest BCUT2D eigenvalue weighted by Gasteiger charge is -2.22. The molecule has 2 fully saturated rings. The lowest BCUT2D eigenvalue weighted by molar-refractivity contribution is -0.135. The third-order valence-electron chi connectivity index (χ3n) is 8.56. The first kappa shape index (κ1) is 30.0. The molecule has 3 N–H and O–H groups in total. The molecule has 6 rings (SSSR count). The van der Waals surface area contributed by atoms with Gasteiger partial charge in [-0.3, -0.25) is 14.4 Å². The Morgan fingerprint density at radius 3 is 2.56 bits per heavy atom. The number of carbonyl (C=O) groups excluding carboxylic acids is 4. The van der Waals surface area contributed by atoms with E-state index in [-0.39, 0.29) is 43.0 Å². The van der Waals surface area contributed by atoms with Gasteiger partial charge in [0.15, 0.2) is 5.78 Å². The van der Waals surface area contributed by atoms with Gasteiger partial charge < -0.3 is 20.4 Å². The van der Waals surface area contributed by atoms with Crippen molar-refractivity contribution in [2.45, 2.75) is 38.1 Å². The van der Waals surface area contributed by atoms with Gasteiger partial charge in [-0.2, -0.15) is 0 Å². The third-order valence-corrected chi connectivity index (χ3v) is 8.56. The number of rotatable bonds is 11. The lowest BCUT2D eigenvalue weighted by Crippen LogP contribution is -2.41. The first-order valence-corrected chi connectivity index (χ1v) is 15.2. The molecule has 9 heteroatoms. The van der Waals surface area contributed by atoms with E-state index >= 15 is 0 Å². The van der Waals surface area contributed by atoms with E-state index in [9.17, 15) is 23.6 Å². The molecule has 2 amide bonds. The van der Waals surface area contributed by atoms with Crippen molar-refractivity contribution in [2.75, 3.05) is 13.2 Å². The lowest BCUT2D eigenvalue weighted by atomic mass is 9.91. The summed E-state index contributed by atoms with van der Waals surface area (Å²) in [5.74, 6) is -2.65. The van der Waals surface area contributed by atoms with Crippen molar-refractivity contribution in [3.05, 3.63) is 108 Å². The Labute approximate surface area is 260 Å². The van der Waals surface area contributed by atoms with Crippen LogP contribution in [0.4, 0.5) is 4.39 Å². The number of hydrogen-bond donors (Lipinski definition) is 3. The molecule has 8 nitrogen and oxygen atoms in total. The first-order valence-electron chi connectivity index (χ1n) is 15.2. The molecule has 4 aromatic rings. The molecule has 2 aliphatic rings. The molecule has 3 atom stereocenters. The van der Waals surface area contributed by atoms with Crippen LogP contribution in [0, 0.1) is 17.7 Å². The molecule has 3 heterocycles. The third kappa shape index (κ3) is 7.03. The summed E-state index contributed by atoms with van der Waals surface area (Å²) in [7, 11) is 0. The van der Waals surface area contributed by atoms with E-state index < -0.39 is 23.7 Å². The number of amides is 2. The maximum Gasteiger partial charge on any atom is 0.333 e. The van der Waals surface area contributed by atoms with Crippen LogP contribution in [-0.4, -0.2) is 47.7 Å². The molecule has 230 valence electrons. The van der Waals surface area contributed by atoms with Crippen LogP contribution in [0.2, 0.25) is 0 Å². The summed E-state index contributed by atoms with van der Waals surface area (Å²) in [6, 6.07) is 22.8. The number of halogens is 1. The van der Waals surface area contributed by atoms with Crippen LogP contribution in [0.3, 0.4) is 0 Å². The summed E-state index contributed by atoms with van der Waals surface area (Å²) in [6.07, 6.45) is 3.14. The van der Waals surface area contributed by atoms with Crippen molar-refractivity contribution in [3.63, 3.8) is 0 Å². The highest BCUT2D eigenvalue weighted by molar-refractivity contribution is 6.00. The number of hydrogen-bond acceptors (Lipinski definition) is 5. The number of cyclic esters (lactones) is 1. The summed E-state index contributed by atoms with van der Waals surface area (Å²) >= 11 is 0. The minimum Gasteiger partial charge on any atom is -0.462 e. The molecule has 0 saturated carbocycles. The summed E-state index contributed by atoms with van der Waals surface area (Å²) in [4.78, 5) is 55.4. The van der Waals surface area contributed by atoms with E-state index in [0.29, 0.717) is 42.6 Å². The zero-order valence-corrected chi connectivity index (χ0v) is 24.7. The van der Waals surface area contributed by atoms with Crippen molar-refractivity contribution >= 4 is 34.3 Å². The molecular formula is C36H34FN3O5. The predicted octanol–water partition coefficient (Wildman–Crippen LogP) is 5.29. The van der Waals surface area contributed by atoms with Gasteiger partial charge in [-0.05, 0) is 59.9 Å². The molecule has 0 aliphatic carbocycles. The number of benzene rings is 3. The number of nitrogens with one attached hydrogen (secondary N) is 3. The van der Waals surface area contributed by atoms with E-state index in [4.69, 9.17) is 4.74 Å². The van der Waals surface area contributed by atoms with E-state index in [0.717, 1.165) is 22.0 Å². The van der Waals surface area contributed by atoms with E-state index in [1.54, 1.807) is 24.3 Å². The maximum atomic E-state index is 13.9. The second kappa shape index (κ2) is 13.3. The summed E-state index contributed by atoms with van der Waals surface area (Å²) in [5.41, 5.74) is 3.29. The average molecular weight is 608 g/mol. The van der Waals surface area contributed by atoms with Gasteiger partial charge in [-0.25, -0.2) is 9.18 Å². The van der Waals surface area contributed by atoms with Crippen LogP contribution in [-0.2, 0) is 25.5 Å². The smallest absolute Gasteiger partial charge is 0.333 e. The zero-order valence-electron chi connectivity index (χ0n) is 24.7. The molecule has 2 saturated heterocycles. The molecular weight excluding hydrogens is 573 g/mol. The normalized spacial score (nSPS) is 18.5. The van der Waals surface area contributed by atoms with Crippen molar-refractivity contribution in [3.8, 4) is 11.3 Å². The number of carbonyl (C=O) groups is 4. The predicted molar refractivity (Wildman–Crippen MR) is 168 cm³/mol. The fourth-order valence-corrected chi connectivity index (χ4v) is 6.16. The van der Waals surface area contributed by atoms with Crippen LogP contribution in [0.15, 0.2) is 90.5 Å². The van der Waals surface area contributed by atoms with Crippen LogP contribution in [0.25, 0.3) is 22.0 Å². The largest absolute Gasteiger partial charge is 0.462 e. The average Bonchev–Trinajstić information content (AvgIpc) is 3.80. The van der Waals surface area contributed by atoms with Gasteiger partial charge in [-0.1, -0.05) is 60.7 Å². The Morgan fingerprint density at radius 2 is 1.80 bits per heavy atom. The van der Waals surface area contributed by atoms with Gasteiger partial charge in [0.1, 0.15) is 5.82 Å². The SMILES string of the molecule is O=C1OCC/C1=C\[C@H](C[C@@H]1CCNC1=O)NC(=O)[C@@H](CC(=O)c1ccc(-c2cccc3ccccc23)[nH]1)Cc1ccc(F)cc1. The molecule has 2 aliphatic heterocycles. The van der Waals surface area contributed by atoms with E-state index in [1.165, 1.54) is 12.1 Å². The minimum atomic E-state index is -0.791. The van der Waals surface area contributed by atoms with E-state index in [1.807, 2.05) is 48.5 Å². The van der Waals surface area contributed by atoms with Crippen molar-refractivity contribution in [1.82, 2.24) is 15.6 Å². The number of ketones is 1. The first-order chi connectivity index (χ1) is 21.8. The Hall–Kier alpha value is -5.05. The maximum absolute atomic E-state index is 13.9. The van der Waals surface area contributed by atoms with Crippen molar-refractivity contribution < 1.29 is 28.3 Å². The fraction of sp³-hybridized carbons (Fsp3) is 0.278. The molecule has 0 radical (unpaired) electrons. The molecule has 1 aromatic heterocycles. The van der Waals surface area contributed by atoms with Crippen LogP contribution >= 0.6 is 0 Å². The van der Waals surface area contributed by atoms with Crippen molar-refractivity contribution in [1.29, 1.82) is 0 Å². The number of aromatic amines is 1. The minimum absolute atomic E-state index is 0.0894. The number of aromatic nitrogens is 1. The van der Waals surface area contributed by atoms with Gasteiger partial charge in [0.2, 0.25) is 11.8 Å². The monoisotopic (exact) mass is 607 g/mol. The van der Waals surface area contributed by atoms with Gasteiger partial charge in [0.05, 0.1) is 12.3 Å². The van der Waals surface area contributed by atoms with Crippen molar-refractivity contribution in [2.24, 2.45) is 11.8 Å². The van der Waals surface area contributed by atoms with Crippen LogP contribution in [0.5, 0.6) is 0 Å². The molecule has 45 heavy (non-hydrogen) atoms. The Balaban J connectivity index is 1.24. The number of ether oxygens (including phenoxy) is 1. The summed E-state index contributed by atoms with van der Waals surface area (Å²) < 4.78 is 18.7. The number of H-pyrrole nitrogens is 1. The molecule has 0 spiro atoms. The highest BCUT2D eigenvalue weighted by atomic mass is 19.1. The van der Waals surface area contributed by atoms with Gasteiger partial charge in [0, 0.05) is 54.1 Å². The van der Waals surface area contributed by atoms with Gasteiger partial charge in [-0.15, -0.1) is 0 Å². The summed E-state index contributed by atoms with van der Waals surface area (Å²) in [5, 5.41) is 7.96. The quantitative estimate of drug-likeness (QED) is 0.122. The van der Waals surface area contributed by atoms with Crippen LogP contribution in [0.1, 0.15) is 41.7 Å². The second-order valence-electron chi connectivity index (χ2n) is 11.7. The molecule has 0 bridgehead atoms. The molecule has 0 unspecified atom stereocenters. The van der Waals surface area contributed by atoms with Gasteiger partial charge in [0.25, 0.3) is 0 Å². The second-order valence-corrected chi connectivity index (χ2v) is 11.7. The standard InChI is InChI=1S/C36H34FN3O5/c37-27-10-8-22(9-11-27)18-26(35(43)39-28(19-24-14-16-38-34(24)42)20-25-15-17-45-36(25)44)21-33(41)32-13-12-31(40-32)30-7-3-5-23-4-1-2-6-29(23)30/h1-13,20,24,26,28,40H,14-19,21H2,(H,38,42)(H,39,43)/b25-20+/t24-,26+,28-/m0/s1. The molecule has 3 aromatic carbocycles. The fourth-order valence-electron chi connectivity index (χ4n) is 6.16. The van der Waals surface area contributed by atoms with E-state index in [2.05, 4.69) is 15.6 Å². The highest BCUT2D eigenvalue weighted by Gasteiger charge is 2.31. The Morgan fingerprint density at radius 1 is 1.00 bits per heavy atom.